The van der Waals surface area contributed by atoms with Crippen LogP contribution in [0, 0.1) is 5.92 Å². The van der Waals surface area contributed by atoms with E-state index in [1.165, 1.54) is 38.5 Å². The third kappa shape index (κ3) is 9.45. The average molecular weight is 184 g/mol. The number of aliphatic hydroxyl groups is 1. The molecule has 0 radical (unpaired) electrons. The van der Waals surface area contributed by atoms with Gasteiger partial charge in [0.15, 0.2) is 0 Å². The number of rotatable bonds is 8. The maximum absolute atomic E-state index is 8.41. The van der Waals surface area contributed by atoms with Crippen molar-refractivity contribution in [2.24, 2.45) is 5.92 Å². The number of hydrogen-bond donors (Lipinski definition) is 1. The Labute approximate surface area is 82.9 Å². The van der Waals surface area contributed by atoms with E-state index in [4.69, 9.17) is 5.11 Å². The summed E-state index contributed by atoms with van der Waals surface area (Å²) < 4.78 is 0. The molecule has 1 heteroatoms. The summed E-state index contributed by atoms with van der Waals surface area (Å²) in [6, 6.07) is 0. The summed E-state index contributed by atoms with van der Waals surface area (Å²) in [6.45, 7) is 4.59. The predicted octanol–water partition coefficient (Wildman–Crippen LogP) is 4.44. The number of allylic oxidation sites excluding steroid dienone is 1. The molecule has 0 aromatic heterocycles. The van der Waals surface area contributed by atoms with Crippen molar-refractivity contribution in [1.82, 2.24) is 0 Å². The topological polar surface area (TPSA) is 20.2 Å². The molecular weight excluding hydrogens is 160 g/mol. The summed E-state index contributed by atoms with van der Waals surface area (Å²) in [4.78, 5) is 0. The van der Waals surface area contributed by atoms with E-state index in [0.717, 1.165) is 18.6 Å². The highest BCUT2D eigenvalue weighted by Gasteiger charge is 1.99. The maximum Gasteiger partial charge on any atom is 0.0751 e. The molecule has 0 aromatic carbocycles. The molecule has 0 aromatic rings. The Morgan fingerprint density at radius 2 is 1.85 bits per heavy atom. The molecule has 0 amide bonds. The highest BCUT2D eigenvalue weighted by atomic mass is 16.2. The Morgan fingerprint density at radius 3 is 2.46 bits per heavy atom. The summed E-state index contributed by atoms with van der Waals surface area (Å²) in [5, 5.41) is 8.41. The third-order valence-electron chi connectivity index (χ3n) is 2.47. The molecule has 1 atom stereocenters. The molecule has 0 spiro atoms. The normalized spacial score (nSPS) is 13.7. The monoisotopic (exact) mass is 184 g/mol. The van der Waals surface area contributed by atoms with Crippen molar-refractivity contribution in [1.29, 1.82) is 0 Å². The van der Waals surface area contributed by atoms with E-state index in [1.807, 2.05) is 6.08 Å². The van der Waals surface area contributed by atoms with Gasteiger partial charge in [-0.3, -0.25) is 0 Å². The summed E-state index contributed by atoms with van der Waals surface area (Å²) >= 11 is 0. The lowest BCUT2D eigenvalue weighted by atomic mass is 9.97. The molecule has 0 fully saturated rings. The van der Waals surface area contributed by atoms with Gasteiger partial charge in [-0.05, 0) is 18.8 Å². The molecule has 0 aliphatic rings. The summed E-state index contributed by atoms with van der Waals surface area (Å²) in [6.07, 6.45) is 11.9. The zero-order valence-corrected chi connectivity index (χ0v) is 9.13. The number of hydrogen-bond acceptors (Lipinski definition) is 1. The van der Waals surface area contributed by atoms with Crippen LogP contribution in [0.1, 0.15) is 58.8 Å². The summed E-state index contributed by atoms with van der Waals surface area (Å²) in [7, 11) is 0. The first-order valence-corrected chi connectivity index (χ1v) is 5.60. The molecule has 0 saturated heterocycles. The summed E-state index contributed by atoms with van der Waals surface area (Å²) in [5.74, 6) is 0.887. The van der Waals surface area contributed by atoms with Crippen LogP contribution in [0.25, 0.3) is 0 Å². The van der Waals surface area contributed by atoms with Gasteiger partial charge >= 0.3 is 0 Å². The maximum atomic E-state index is 8.41. The van der Waals surface area contributed by atoms with Crippen LogP contribution in [0.4, 0.5) is 0 Å². The molecule has 13 heavy (non-hydrogen) atoms. The van der Waals surface area contributed by atoms with Crippen molar-refractivity contribution in [3.8, 4) is 0 Å². The lowest BCUT2D eigenvalue weighted by molar-refractivity contribution is 0.447. The van der Waals surface area contributed by atoms with Crippen molar-refractivity contribution in [2.45, 2.75) is 58.8 Å². The van der Waals surface area contributed by atoms with Gasteiger partial charge in [-0.2, -0.15) is 0 Å². The minimum atomic E-state index is 0.887. The van der Waals surface area contributed by atoms with Crippen LogP contribution < -0.4 is 0 Å². The fourth-order valence-electron chi connectivity index (χ4n) is 1.53. The molecule has 0 heterocycles. The molecule has 0 aliphatic heterocycles. The lowest BCUT2D eigenvalue weighted by Crippen LogP contribution is -1.94. The van der Waals surface area contributed by atoms with Gasteiger partial charge in [0.05, 0.1) is 6.26 Å². The average Bonchev–Trinajstić information content (AvgIpc) is 2.14. The van der Waals surface area contributed by atoms with E-state index >= 15 is 0 Å². The van der Waals surface area contributed by atoms with Crippen molar-refractivity contribution in [3.63, 3.8) is 0 Å². The second-order valence-corrected chi connectivity index (χ2v) is 3.92. The molecule has 0 bridgehead atoms. The zero-order valence-electron chi connectivity index (χ0n) is 9.13. The summed E-state index contributed by atoms with van der Waals surface area (Å²) in [5.41, 5.74) is 0. The van der Waals surface area contributed by atoms with Crippen LogP contribution in [-0.2, 0) is 0 Å². The molecule has 1 unspecified atom stereocenters. The van der Waals surface area contributed by atoms with Crippen LogP contribution in [0.5, 0.6) is 0 Å². The number of aliphatic hydroxyl groups excluding tert-OH is 1. The van der Waals surface area contributed by atoms with Crippen molar-refractivity contribution in [2.75, 3.05) is 0 Å². The Kier molecular flexibility index (Phi) is 9.29. The van der Waals surface area contributed by atoms with Gasteiger partial charge < -0.3 is 5.11 Å². The smallest absolute Gasteiger partial charge is 0.0751 e. The van der Waals surface area contributed by atoms with Crippen LogP contribution in [-0.4, -0.2) is 5.11 Å². The first-order chi connectivity index (χ1) is 6.31. The fourth-order valence-corrected chi connectivity index (χ4v) is 1.53. The minimum Gasteiger partial charge on any atom is -0.516 e. The number of unbranched alkanes of at least 4 members (excludes halogenated alkanes) is 3. The van der Waals surface area contributed by atoms with Crippen LogP contribution in [0.15, 0.2) is 12.3 Å². The Morgan fingerprint density at radius 1 is 1.15 bits per heavy atom. The van der Waals surface area contributed by atoms with E-state index in [1.54, 1.807) is 0 Å². The van der Waals surface area contributed by atoms with Crippen molar-refractivity contribution >= 4 is 0 Å². The van der Waals surface area contributed by atoms with E-state index in [-0.39, 0.29) is 0 Å². The third-order valence-corrected chi connectivity index (χ3v) is 2.47. The minimum absolute atomic E-state index is 0.887. The van der Waals surface area contributed by atoms with E-state index in [9.17, 15) is 0 Å². The Bertz CT molecular complexity index is 118. The molecule has 0 saturated carbocycles. The molecule has 0 aliphatic carbocycles. The van der Waals surface area contributed by atoms with Gasteiger partial charge in [0.25, 0.3) is 0 Å². The fraction of sp³-hybridized carbons (Fsp3) is 0.833. The highest BCUT2D eigenvalue weighted by Crippen LogP contribution is 2.15. The Balaban J connectivity index is 3.11. The standard InChI is InChI=1S/C12H24O/c1-3-4-9-12(2)10-7-5-6-8-11-13/h8,11-13H,3-7,9-10H2,1-2H3. The van der Waals surface area contributed by atoms with E-state index in [0.29, 0.717) is 0 Å². The molecule has 0 rings (SSSR count). The van der Waals surface area contributed by atoms with Gasteiger partial charge in [0.2, 0.25) is 0 Å². The van der Waals surface area contributed by atoms with E-state index < -0.39 is 0 Å². The van der Waals surface area contributed by atoms with Crippen LogP contribution in [0.2, 0.25) is 0 Å². The lowest BCUT2D eigenvalue weighted by Gasteiger charge is -2.09. The highest BCUT2D eigenvalue weighted by molar-refractivity contribution is 4.71. The Hall–Kier alpha value is -0.460. The van der Waals surface area contributed by atoms with Gasteiger partial charge in [-0.25, -0.2) is 0 Å². The first kappa shape index (κ1) is 12.5. The van der Waals surface area contributed by atoms with Gasteiger partial charge in [0, 0.05) is 0 Å². The van der Waals surface area contributed by atoms with Crippen molar-refractivity contribution < 1.29 is 5.11 Å². The van der Waals surface area contributed by atoms with Gasteiger partial charge in [0.1, 0.15) is 0 Å². The van der Waals surface area contributed by atoms with Crippen LogP contribution in [0.3, 0.4) is 0 Å². The first-order valence-electron chi connectivity index (χ1n) is 5.60. The van der Waals surface area contributed by atoms with Crippen LogP contribution >= 0.6 is 0 Å². The molecular formula is C12H24O. The molecule has 1 N–H and O–H groups in total. The van der Waals surface area contributed by atoms with Crippen molar-refractivity contribution in [3.05, 3.63) is 12.3 Å². The zero-order chi connectivity index (χ0) is 9.94. The van der Waals surface area contributed by atoms with E-state index in [2.05, 4.69) is 13.8 Å². The quantitative estimate of drug-likeness (QED) is 0.436. The van der Waals surface area contributed by atoms with Gasteiger partial charge in [-0.1, -0.05) is 52.0 Å². The second-order valence-electron chi connectivity index (χ2n) is 3.92. The SMILES string of the molecule is CCCCC(C)CCCCC=CO. The predicted molar refractivity (Wildman–Crippen MR) is 58.9 cm³/mol. The second kappa shape index (κ2) is 9.63. The largest absolute Gasteiger partial charge is 0.516 e. The van der Waals surface area contributed by atoms with Gasteiger partial charge in [-0.15, -0.1) is 0 Å². The molecule has 1 nitrogen and oxygen atoms in total. The molecule has 78 valence electrons.